The van der Waals surface area contributed by atoms with Crippen LogP contribution in [0.25, 0.3) is 12.2 Å². The highest BCUT2D eigenvalue weighted by Crippen LogP contribution is 2.21. The lowest BCUT2D eigenvalue weighted by Gasteiger charge is -2.37. The second-order valence-electron chi connectivity index (χ2n) is 7.09. The summed E-state index contributed by atoms with van der Waals surface area (Å²) in [6.07, 6.45) is 11.4. The molecule has 0 bridgehead atoms. The summed E-state index contributed by atoms with van der Waals surface area (Å²) in [4.78, 5) is 2.55. The van der Waals surface area contributed by atoms with Crippen LogP contribution in [0.3, 0.4) is 0 Å². The van der Waals surface area contributed by atoms with Gasteiger partial charge in [0.15, 0.2) is 0 Å². The molecular weight excluding hydrogens is 302 g/mol. The fraction of sp³-hybridized carbons (Fsp3) is 0.333. The molecule has 0 radical (unpaired) electrons. The van der Waals surface area contributed by atoms with Crippen LogP contribution >= 0.6 is 0 Å². The molecule has 0 spiro atoms. The first kappa shape index (κ1) is 19.2. The van der Waals surface area contributed by atoms with Gasteiger partial charge in [-0.15, -0.1) is 0 Å². The Bertz CT molecular complexity index is 602. The summed E-state index contributed by atoms with van der Waals surface area (Å²) < 4.78 is 0. The summed E-state index contributed by atoms with van der Waals surface area (Å²) in [5.74, 6) is 0. The molecule has 132 valence electrons. The third-order valence-electron chi connectivity index (χ3n) is 4.59. The summed E-state index contributed by atoms with van der Waals surface area (Å²) in [5, 5.41) is 0. The van der Waals surface area contributed by atoms with Crippen LogP contribution in [-0.4, -0.2) is 23.5 Å². The van der Waals surface area contributed by atoms with E-state index in [1.165, 1.54) is 24.0 Å². The smallest absolute Gasteiger partial charge is 0.0175 e. The van der Waals surface area contributed by atoms with Crippen LogP contribution in [0.1, 0.15) is 44.7 Å². The van der Waals surface area contributed by atoms with Crippen molar-refractivity contribution in [1.82, 2.24) is 4.90 Å². The number of hydrogen-bond donors (Lipinski definition) is 0. The van der Waals surface area contributed by atoms with Crippen molar-refractivity contribution in [2.24, 2.45) is 0 Å². The van der Waals surface area contributed by atoms with Crippen LogP contribution in [-0.2, 0) is 0 Å². The van der Waals surface area contributed by atoms with Gasteiger partial charge in [-0.05, 0) is 31.4 Å². The SMILES string of the molecule is CCCC(C)(C)N(CC=Cc1ccccc1)CC=Cc1ccccc1. The van der Waals surface area contributed by atoms with Crippen LogP contribution in [0.15, 0.2) is 72.8 Å². The predicted molar refractivity (Wildman–Crippen MR) is 112 cm³/mol. The van der Waals surface area contributed by atoms with E-state index in [1.54, 1.807) is 0 Å². The molecule has 2 aromatic carbocycles. The van der Waals surface area contributed by atoms with Crippen molar-refractivity contribution < 1.29 is 0 Å². The second-order valence-corrected chi connectivity index (χ2v) is 7.09. The van der Waals surface area contributed by atoms with Crippen LogP contribution in [0, 0.1) is 0 Å². The normalized spacial score (nSPS) is 12.5. The Hall–Kier alpha value is -2.12. The van der Waals surface area contributed by atoms with E-state index in [4.69, 9.17) is 0 Å². The maximum Gasteiger partial charge on any atom is 0.0175 e. The standard InChI is InChI=1S/C24H31N/c1-4-19-24(2,3)25(20-11-17-22-13-7-5-8-14-22)21-12-18-23-15-9-6-10-16-23/h5-18H,4,19-21H2,1-3H3. The van der Waals surface area contributed by atoms with Crippen molar-refractivity contribution in [2.75, 3.05) is 13.1 Å². The van der Waals surface area contributed by atoms with Crippen molar-refractivity contribution in [3.63, 3.8) is 0 Å². The Balaban J connectivity index is 2.02. The molecule has 1 heteroatoms. The number of hydrogen-bond acceptors (Lipinski definition) is 1. The maximum atomic E-state index is 2.55. The Labute approximate surface area is 153 Å². The highest BCUT2D eigenvalue weighted by atomic mass is 15.2. The fourth-order valence-corrected chi connectivity index (χ4v) is 3.10. The van der Waals surface area contributed by atoms with E-state index in [-0.39, 0.29) is 5.54 Å². The Morgan fingerprint density at radius 1 is 0.760 bits per heavy atom. The van der Waals surface area contributed by atoms with E-state index in [0.29, 0.717) is 0 Å². The first-order chi connectivity index (χ1) is 12.1. The van der Waals surface area contributed by atoms with Crippen molar-refractivity contribution in [3.8, 4) is 0 Å². The molecule has 0 aromatic heterocycles. The van der Waals surface area contributed by atoms with Gasteiger partial charge >= 0.3 is 0 Å². The molecule has 0 aliphatic rings. The van der Waals surface area contributed by atoms with Gasteiger partial charge < -0.3 is 0 Å². The van der Waals surface area contributed by atoms with Crippen LogP contribution in [0.2, 0.25) is 0 Å². The average Bonchev–Trinajstić information content (AvgIpc) is 2.62. The zero-order valence-electron chi connectivity index (χ0n) is 15.9. The van der Waals surface area contributed by atoms with Gasteiger partial charge in [-0.3, -0.25) is 4.90 Å². The first-order valence-electron chi connectivity index (χ1n) is 9.30. The van der Waals surface area contributed by atoms with E-state index in [2.05, 4.69) is 111 Å². The van der Waals surface area contributed by atoms with Gasteiger partial charge in [0.1, 0.15) is 0 Å². The molecule has 0 N–H and O–H groups in total. The zero-order chi connectivity index (χ0) is 18.0. The van der Waals surface area contributed by atoms with Gasteiger partial charge in [0.2, 0.25) is 0 Å². The molecule has 0 aliphatic carbocycles. The van der Waals surface area contributed by atoms with Crippen molar-refractivity contribution in [2.45, 2.75) is 39.2 Å². The lowest BCUT2D eigenvalue weighted by atomic mass is 9.96. The molecule has 25 heavy (non-hydrogen) atoms. The molecular formula is C24H31N. The van der Waals surface area contributed by atoms with E-state index < -0.39 is 0 Å². The molecule has 0 unspecified atom stereocenters. The lowest BCUT2D eigenvalue weighted by molar-refractivity contribution is 0.141. The molecule has 2 aromatic rings. The maximum absolute atomic E-state index is 2.55. The van der Waals surface area contributed by atoms with E-state index in [9.17, 15) is 0 Å². The van der Waals surface area contributed by atoms with E-state index >= 15 is 0 Å². The minimum absolute atomic E-state index is 0.191. The first-order valence-corrected chi connectivity index (χ1v) is 9.30. The average molecular weight is 334 g/mol. The molecule has 0 saturated carbocycles. The zero-order valence-corrected chi connectivity index (χ0v) is 15.9. The molecule has 2 rings (SSSR count). The van der Waals surface area contributed by atoms with E-state index in [0.717, 1.165) is 13.1 Å². The summed E-state index contributed by atoms with van der Waals surface area (Å²) in [6, 6.07) is 21.0. The third kappa shape index (κ3) is 6.72. The second kappa shape index (κ2) is 10.0. The Kier molecular flexibility index (Phi) is 7.69. The topological polar surface area (TPSA) is 3.24 Å². The molecule has 0 amide bonds. The van der Waals surface area contributed by atoms with Gasteiger partial charge in [0.25, 0.3) is 0 Å². The fourth-order valence-electron chi connectivity index (χ4n) is 3.10. The number of rotatable bonds is 9. The minimum atomic E-state index is 0.191. The molecule has 0 saturated heterocycles. The van der Waals surface area contributed by atoms with E-state index in [1.807, 2.05) is 0 Å². The highest BCUT2D eigenvalue weighted by molar-refractivity contribution is 5.49. The van der Waals surface area contributed by atoms with Crippen molar-refractivity contribution in [1.29, 1.82) is 0 Å². The van der Waals surface area contributed by atoms with Crippen LogP contribution < -0.4 is 0 Å². The Morgan fingerprint density at radius 2 is 1.20 bits per heavy atom. The molecule has 0 fully saturated rings. The predicted octanol–water partition coefficient (Wildman–Crippen LogP) is 6.29. The van der Waals surface area contributed by atoms with Gasteiger partial charge in [-0.2, -0.15) is 0 Å². The monoisotopic (exact) mass is 333 g/mol. The molecule has 1 nitrogen and oxygen atoms in total. The van der Waals surface area contributed by atoms with Gasteiger partial charge in [-0.1, -0.05) is 98.3 Å². The molecule has 0 atom stereocenters. The van der Waals surface area contributed by atoms with Crippen molar-refractivity contribution in [3.05, 3.63) is 83.9 Å². The van der Waals surface area contributed by atoms with Crippen molar-refractivity contribution >= 4 is 12.2 Å². The summed E-state index contributed by atoms with van der Waals surface area (Å²) >= 11 is 0. The number of benzene rings is 2. The van der Waals surface area contributed by atoms with Crippen LogP contribution in [0.5, 0.6) is 0 Å². The third-order valence-corrected chi connectivity index (χ3v) is 4.59. The number of nitrogens with zero attached hydrogens (tertiary/aromatic N) is 1. The summed E-state index contributed by atoms with van der Waals surface area (Å²) in [6.45, 7) is 8.88. The van der Waals surface area contributed by atoms with Gasteiger partial charge in [0.05, 0.1) is 0 Å². The highest BCUT2D eigenvalue weighted by Gasteiger charge is 2.23. The molecule has 0 heterocycles. The largest absolute Gasteiger partial charge is 0.291 e. The summed E-state index contributed by atoms with van der Waals surface area (Å²) in [7, 11) is 0. The van der Waals surface area contributed by atoms with Gasteiger partial charge in [0, 0.05) is 18.6 Å². The summed E-state index contributed by atoms with van der Waals surface area (Å²) in [5.41, 5.74) is 2.71. The van der Waals surface area contributed by atoms with Crippen LogP contribution in [0.4, 0.5) is 0 Å². The molecule has 0 aliphatic heterocycles. The van der Waals surface area contributed by atoms with Gasteiger partial charge in [-0.25, -0.2) is 0 Å². The quantitative estimate of drug-likeness (QED) is 0.521. The lowest BCUT2D eigenvalue weighted by Crippen LogP contribution is -2.44. The minimum Gasteiger partial charge on any atom is -0.291 e. The Morgan fingerprint density at radius 3 is 1.60 bits per heavy atom.